The molecule has 6 nitrogen and oxygen atoms in total. The number of rotatable bonds is 6. The third kappa shape index (κ3) is 3.30. The summed E-state index contributed by atoms with van der Waals surface area (Å²) in [5.41, 5.74) is 0.184. The zero-order valence-corrected chi connectivity index (χ0v) is 12.4. The van der Waals surface area contributed by atoms with Crippen LogP contribution in [0.25, 0.3) is 11.5 Å². The van der Waals surface area contributed by atoms with Gasteiger partial charge in [0.25, 0.3) is 5.89 Å². The Morgan fingerprint density at radius 3 is 2.57 bits per heavy atom. The molecule has 2 rings (SSSR count). The SMILES string of the molecule is CNC(C)Cc1noc(-c2cc(OC)c(OC)cc2F)n1. The summed E-state index contributed by atoms with van der Waals surface area (Å²) < 4.78 is 29.4. The van der Waals surface area contributed by atoms with Crippen molar-refractivity contribution in [3.63, 3.8) is 0 Å². The van der Waals surface area contributed by atoms with Gasteiger partial charge in [-0.05, 0) is 20.0 Å². The monoisotopic (exact) mass is 295 g/mol. The van der Waals surface area contributed by atoms with Crippen molar-refractivity contribution in [2.75, 3.05) is 21.3 Å². The fraction of sp³-hybridized carbons (Fsp3) is 0.429. The summed E-state index contributed by atoms with van der Waals surface area (Å²) in [4.78, 5) is 4.21. The standard InChI is InChI=1S/C14H18FN3O3/c1-8(16-2)5-13-17-14(21-18-13)9-6-11(19-3)12(20-4)7-10(9)15/h6-8,16H,5H2,1-4H3. The van der Waals surface area contributed by atoms with Gasteiger partial charge in [-0.25, -0.2) is 4.39 Å². The Morgan fingerprint density at radius 1 is 1.29 bits per heavy atom. The molecular weight excluding hydrogens is 277 g/mol. The van der Waals surface area contributed by atoms with Crippen LogP contribution in [0, 0.1) is 5.82 Å². The zero-order valence-electron chi connectivity index (χ0n) is 12.4. The van der Waals surface area contributed by atoms with Crippen molar-refractivity contribution in [3.05, 3.63) is 23.8 Å². The van der Waals surface area contributed by atoms with Gasteiger partial charge < -0.3 is 19.3 Å². The fourth-order valence-electron chi connectivity index (χ4n) is 1.84. The minimum absolute atomic E-state index is 0.117. The predicted octanol–water partition coefficient (Wildman–Crippen LogP) is 2.04. The van der Waals surface area contributed by atoms with E-state index in [9.17, 15) is 4.39 Å². The lowest BCUT2D eigenvalue weighted by Crippen LogP contribution is -2.24. The van der Waals surface area contributed by atoms with E-state index in [4.69, 9.17) is 14.0 Å². The number of benzene rings is 1. The Kier molecular flexibility index (Phi) is 4.74. The van der Waals surface area contributed by atoms with E-state index in [1.54, 1.807) is 0 Å². The van der Waals surface area contributed by atoms with Crippen molar-refractivity contribution in [2.24, 2.45) is 0 Å². The van der Waals surface area contributed by atoms with Gasteiger partial charge in [0.15, 0.2) is 17.3 Å². The van der Waals surface area contributed by atoms with E-state index in [0.29, 0.717) is 23.7 Å². The van der Waals surface area contributed by atoms with E-state index in [0.717, 1.165) is 0 Å². The van der Waals surface area contributed by atoms with Gasteiger partial charge in [-0.1, -0.05) is 5.16 Å². The van der Waals surface area contributed by atoms with Crippen LogP contribution in [0.2, 0.25) is 0 Å². The Hall–Kier alpha value is -2.15. The van der Waals surface area contributed by atoms with E-state index in [1.807, 2.05) is 14.0 Å². The molecule has 0 radical (unpaired) electrons. The molecular formula is C14H18FN3O3. The topological polar surface area (TPSA) is 69.4 Å². The van der Waals surface area contributed by atoms with Gasteiger partial charge >= 0.3 is 0 Å². The minimum Gasteiger partial charge on any atom is -0.493 e. The van der Waals surface area contributed by atoms with Crippen LogP contribution in [0.5, 0.6) is 11.5 Å². The van der Waals surface area contributed by atoms with Gasteiger partial charge in [0.2, 0.25) is 0 Å². The van der Waals surface area contributed by atoms with Gasteiger partial charge in [-0.15, -0.1) is 0 Å². The Balaban J connectivity index is 2.33. The normalized spacial score (nSPS) is 12.2. The number of methoxy groups -OCH3 is 2. The second-order valence-corrected chi connectivity index (χ2v) is 4.60. The van der Waals surface area contributed by atoms with Crippen LogP contribution in [0.15, 0.2) is 16.7 Å². The summed E-state index contributed by atoms with van der Waals surface area (Å²) in [6, 6.07) is 2.91. The first-order valence-corrected chi connectivity index (χ1v) is 6.50. The second-order valence-electron chi connectivity index (χ2n) is 4.60. The molecule has 21 heavy (non-hydrogen) atoms. The molecule has 114 valence electrons. The van der Waals surface area contributed by atoms with Crippen LogP contribution in [-0.4, -0.2) is 37.4 Å². The largest absolute Gasteiger partial charge is 0.493 e. The molecule has 0 aliphatic rings. The van der Waals surface area contributed by atoms with Crippen LogP contribution in [-0.2, 0) is 6.42 Å². The van der Waals surface area contributed by atoms with Gasteiger partial charge in [0, 0.05) is 18.5 Å². The number of aromatic nitrogens is 2. The number of likely N-dealkylation sites (N-methyl/N-ethyl adjacent to an activating group) is 1. The predicted molar refractivity (Wildman–Crippen MR) is 75.0 cm³/mol. The molecule has 0 aliphatic carbocycles. The maximum atomic E-state index is 14.1. The highest BCUT2D eigenvalue weighted by atomic mass is 19.1. The molecule has 1 heterocycles. The summed E-state index contributed by atoms with van der Waals surface area (Å²) in [5.74, 6) is 0.830. The Labute approximate surface area is 122 Å². The number of halogens is 1. The van der Waals surface area contributed by atoms with Crippen LogP contribution < -0.4 is 14.8 Å². The number of ether oxygens (including phenoxy) is 2. The summed E-state index contributed by atoms with van der Waals surface area (Å²) in [6.07, 6.45) is 0.592. The minimum atomic E-state index is -0.510. The lowest BCUT2D eigenvalue weighted by molar-refractivity contribution is 0.352. The Bertz CT molecular complexity index is 616. The first-order valence-electron chi connectivity index (χ1n) is 6.50. The highest BCUT2D eigenvalue weighted by molar-refractivity contribution is 5.60. The quantitative estimate of drug-likeness (QED) is 0.879. The Morgan fingerprint density at radius 2 is 1.95 bits per heavy atom. The summed E-state index contributed by atoms with van der Waals surface area (Å²) in [7, 11) is 4.77. The van der Waals surface area contributed by atoms with Crippen molar-refractivity contribution >= 4 is 0 Å². The average Bonchev–Trinajstić information content (AvgIpc) is 2.94. The van der Waals surface area contributed by atoms with Crippen molar-refractivity contribution in [2.45, 2.75) is 19.4 Å². The molecule has 1 atom stereocenters. The van der Waals surface area contributed by atoms with E-state index >= 15 is 0 Å². The van der Waals surface area contributed by atoms with E-state index in [-0.39, 0.29) is 17.5 Å². The van der Waals surface area contributed by atoms with E-state index in [1.165, 1.54) is 26.4 Å². The molecule has 0 fully saturated rings. The van der Waals surface area contributed by atoms with Gasteiger partial charge in [-0.3, -0.25) is 0 Å². The number of hydrogen-bond acceptors (Lipinski definition) is 6. The lowest BCUT2D eigenvalue weighted by atomic mass is 10.2. The van der Waals surface area contributed by atoms with E-state index in [2.05, 4.69) is 15.5 Å². The molecule has 0 aliphatic heterocycles. The average molecular weight is 295 g/mol. The molecule has 1 aromatic carbocycles. The fourth-order valence-corrected chi connectivity index (χ4v) is 1.84. The summed E-state index contributed by atoms with van der Waals surface area (Å²) in [6.45, 7) is 1.99. The maximum Gasteiger partial charge on any atom is 0.261 e. The highest BCUT2D eigenvalue weighted by Gasteiger charge is 2.18. The summed E-state index contributed by atoms with van der Waals surface area (Å²) >= 11 is 0. The van der Waals surface area contributed by atoms with Crippen LogP contribution in [0.3, 0.4) is 0 Å². The van der Waals surface area contributed by atoms with Crippen LogP contribution in [0.1, 0.15) is 12.7 Å². The van der Waals surface area contributed by atoms with Gasteiger partial charge in [-0.2, -0.15) is 4.98 Å². The molecule has 1 N–H and O–H groups in total. The number of hydrogen-bond donors (Lipinski definition) is 1. The van der Waals surface area contributed by atoms with Gasteiger partial charge in [0.1, 0.15) is 5.82 Å². The molecule has 7 heteroatoms. The van der Waals surface area contributed by atoms with Crippen LogP contribution in [0.4, 0.5) is 4.39 Å². The molecule has 0 bridgehead atoms. The second kappa shape index (κ2) is 6.53. The number of nitrogens with one attached hydrogen (secondary N) is 1. The van der Waals surface area contributed by atoms with Crippen molar-refractivity contribution in [1.29, 1.82) is 0 Å². The zero-order chi connectivity index (χ0) is 15.4. The van der Waals surface area contributed by atoms with Crippen molar-refractivity contribution in [3.8, 4) is 23.0 Å². The van der Waals surface area contributed by atoms with E-state index < -0.39 is 5.82 Å². The molecule has 0 spiro atoms. The van der Waals surface area contributed by atoms with Crippen LogP contribution >= 0.6 is 0 Å². The smallest absolute Gasteiger partial charge is 0.261 e. The third-order valence-corrected chi connectivity index (χ3v) is 3.15. The molecule has 0 saturated carbocycles. The van der Waals surface area contributed by atoms with Crippen molar-refractivity contribution < 1.29 is 18.4 Å². The third-order valence-electron chi connectivity index (χ3n) is 3.15. The first kappa shape index (κ1) is 15.2. The molecule has 2 aromatic rings. The number of nitrogens with zero attached hydrogens (tertiary/aromatic N) is 2. The lowest BCUT2D eigenvalue weighted by Gasteiger charge is -2.08. The first-order chi connectivity index (χ1) is 10.1. The molecule has 0 amide bonds. The highest BCUT2D eigenvalue weighted by Crippen LogP contribution is 2.34. The van der Waals surface area contributed by atoms with Crippen molar-refractivity contribution in [1.82, 2.24) is 15.5 Å². The summed E-state index contributed by atoms with van der Waals surface area (Å²) in [5, 5.41) is 6.93. The van der Waals surface area contributed by atoms with Gasteiger partial charge in [0.05, 0.1) is 19.8 Å². The molecule has 1 unspecified atom stereocenters. The maximum absolute atomic E-state index is 14.1. The molecule has 1 aromatic heterocycles. The molecule has 0 saturated heterocycles.